The van der Waals surface area contributed by atoms with E-state index in [0.29, 0.717) is 11.6 Å². The molecule has 7 heteroatoms. The lowest BCUT2D eigenvalue weighted by molar-refractivity contribution is 0.0548. The van der Waals surface area contributed by atoms with Gasteiger partial charge in [-0.1, -0.05) is 30.3 Å². The molecule has 0 aromatic heterocycles. The Morgan fingerprint density at radius 2 is 1.62 bits per heavy atom. The van der Waals surface area contributed by atoms with Crippen LogP contribution >= 0.6 is 0 Å². The average molecular weight is 336 g/mol. The first-order chi connectivity index (χ1) is 11.5. The van der Waals surface area contributed by atoms with E-state index in [1.807, 2.05) is 0 Å². The van der Waals surface area contributed by atoms with Gasteiger partial charge >= 0.3 is 11.9 Å². The van der Waals surface area contributed by atoms with Crippen LogP contribution in [0.3, 0.4) is 0 Å². The van der Waals surface area contributed by atoms with E-state index in [4.69, 9.17) is 4.74 Å². The molecular weight excluding hydrogens is 322 g/mol. The first-order valence-corrected chi connectivity index (χ1v) is 6.85. The van der Waals surface area contributed by atoms with Crippen LogP contribution < -0.4 is 4.74 Å². The highest BCUT2D eigenvalue weighted by molar-refractivity contribution is 6.03. The minimum Gasteiger partial charge on any atom is -0.483 e. The van der Waals surface area contributed by atoms with Gasteiger partial charge in [-0.05, 0) is 11.6 Å². The van der Waals surface area contributed by atoms with Crippen molar-refractivity contribution >= 4 is 11.9 Å². The molecule has 0 atom stereocenters. The highest BCUT2D eigenvalue weighted by Gasteiger charge is 2.29. The van der Waals surface area contributed by atoms with Crippen molar-refractivity contribution in [3.05, 3.63) is 64.7 Å². The maximum Gasteiger partial charge on any atom is 0.341 e. The Morgan fingerprint density at radius 3 is 2.21 bits per heavy atom. The van der Waals surface area contributed by atoms with Crippen LogP contribution in [-0.4, -0.2) is 26.2 Å². The van der Waals surface area contributed by atoms with E-state index < -0.39 is 40.4 Å². The molecule has 0 spiro atoms. The van der Waals surface area contributed by atoms with Crippen LogP contribution in [0.4, 0.5) is 8.78 Å². The number of carbonyl (C=O) groups is 2. The van der Waals surface area contributed by atoms with Crippen LogP contribution in [-0.2, 0) is 16.1 Å². The zero-order valence-electron chi connectivity index (χ0n) is 13.0. The number of carbonyl (C=O) groups excluding carboxylic acids is 2. The van der Waals surface area contributed by atoms with E-state index >= 15 is 0 Å². The highest BCUT2D eigenvalue weighted by Crippen LogP contribution is 2.29. The molecule has 24 heavy (non-hydrogen) atoms. The smallest absolute Gasteiger partial charge is 0.341 e. The summed E-state index contributed by atoms with van der Waals surface area (Å²) in [5.74, 6) is -5.43. The fraction of sp³-hybridized carbons (Fsp3) is 0.176. The van der Waals surface area contributed by atoms with Crippen molar-refractivity contribution in [3.8, 4) is 5.75 Å². The molecule has 0 heterocycles. The predicted molar refractivity (Wildman–Crippen MR) is 79.8 cm³/mol. The molecule has 0 saturated carbocycles. The summed E-state index contributed by atoms with van der Waals surface area (Å²) < 4.78 is 42.7. The van der Waals surface area contributed by atoms with E-state index in [9.17, 15) is 18.4 Å². The first kappa shape index (κ1) is 17.4. The number of halogens is 2. The van der Waals surface area contributed by atoms with Crippen molar-refractivity contribution in [2.75, 3.05) is 14.2 Å². The second-order valence-electron chi connectivity index (χ2n) is 4.68. The predicted octanol–water partition coefficient (Wildman–Crippen LogP) is 3.12. The molecule has 0 unspecified atom stereocenters. The van der Waals surface area contributed by atoms with Gasteiger partial charge in [0.25, 0.3) is 0 Å². The number of hydrogen-bond donors (Lipinski definition) is 0. The SMILES string of the molecule is COC(=O)c1cc(F)c(OCc2ccccc2)c(F)c1C(=O)OC. The second-order valence-corrected chi connectivity index (χ2v) is 4.68. The lowest BCUT2D eigenvalue weighted by Gasteiger charge is -2.13. The molecule has 0 aliphatic heterocycles. The third kappa shape index (κ3) is 3.51. The van der Waals surface area contributed by atoms with Crippen LogP contribution in [0, 0.1) is 11.6 Å². The van der Waals surface area contributed by atoms with Gasteiger partial charge in [0.1, 0.15) is 12.2 Å². The largest absolute Gasteiger partial charge is 0.483 e. The molecule has 0 fully saturated rings. The Kier molecular flexibility index (Phi) is 5.47. The second kappa shape index (κ2) is 7.54. The summed E-state index contributed by atoms with van der Waals surface area (Å²) >= 11 is 0. The summed E-state index contributed by atoms with van der Waals surface area (Å²) in [5, 5.41) is 0. The number of benzene rings is 2. The zero-order chi connectivity index (χ0) is 17.7. The van der Waals surface area contributed by atoms with Crippen LogP contribution in [0.2, 0.25) is 0 Å². The van der Waals surface area contributed by atoms with E-state index in [1.54, 1.807) is 30.3 Å². The Hall–Kier alpha value is -2.96. The molecule has 2 aromatic rings. The minimum absolute atomic E-state index is 0.118. The van der Waals surface area contributed by atoms with E-state index in [-0.39, 0.29) is 6.61 Å². The van der Waals surface area contributed by atoms with E-state index in [1.165, 1.54) is 0 Å². The van der Waals surface area contributed by atoms with Gasteiger partial charge in [-0.3, -0.25) is 0 Å². The molecular formula is C17H14F2O5. The van der Waals surface area contributed by atoms with Gasteiger partial charge in [0, 0.05) is 0 Å². The summed E-state index contributed by atoms with van der Waals surface area (Å²) in [6, 6.07) is 9.36. The Labute approximate surface area is 136 Å². The number of hydrogen-bond acceptors (Lipinski definition) is 5. The third-order valence-electron chi connectivity index (χ3n) is 3.20. The molecule has 0 radical (unpaired) electrons. The molecule has 0 aliphatic carbocycles. The normalized spacial score (nSPS) is 10.2. The molecule has 0 N–H and O–H groups in total. The van der Waals surface area contributed by atoms with Crippen LogP contribution in [0.25, 0.3) is 0 Å². The van der Waals surface area contributed by atoms with E-state index in [2.05, 4.69) is 9.47 Å². The third-order valence-corrected chi connectivity index (χ3v) is 3.20. The van der Waals surface area contributed by atoms with Gasteiger partial charge in [0.15, 0.2) is 17.4 Å². The first-order valence-electron chi connectivity index (χ1n) is 6.85. The van der Waals surface area contributed by atoms with Crippen LogP contribution in [0.1, 0.15) is 26.3 Å². The van der Waals surface area contributed by atoms with Gasteiger partial charge in [-0.25, -0.2) is 18.4 Å². The number of ether oxygens (including phenoxy) is 3. The molecule has 0 saturated heterocycles. The van der Waals surface area contributed by atoms with Gasteiger partial charge in [-0.2, -0.15) is 0 Å². The average Bonchev–Trinajstić information content (AvgIpc) is 2.60. The molecule has 0 aliphatic rings. The summed E-state index contributed by atoms with van der Waals surface area (Å²) in [5.41, 5.74) is -0.645. The van der Waals surface area contributed by atoms with Crippen molar-refractivity contribution in [1.82, 2.24) is 0 Å². The molecule has 0 bridgehead atoms. The highest BCUT2D eigenvalue weighted by atomic mass is 19.1. The topological polar surface area (TPSA) is 61.8 Å². The summed E-state index contributed by atoms with van der Waals surface area (Å²) in [4.78, 5) is 23.4. The Balaban J connectivity index is 2.45. The van der Waals surface area contributed by atoms with Gasteiger partial charge in [0.05, 0.1) is 19.8 Å². The fourth-order valence-corrected chi connectivity index (χ4v) is 2.04. The van der Waals surface area contributed by atoms with Gasteiger partial charge < -0.3 is 14.2 Å². The van der Waals surface area contributed by atoms with Crippen LogP contribution in [0.5, 0.6) is 5.75 Å². The maximum atomic E-state index is 14.6. The summed E-state index contributed by atoms with van der Waals surface area (Å²) in [6.45, 7) is -0.118. The quantitative estimate of drug-likeness (QED) is 0.785. The van der Waals surface area contributed by atoms with Crippen molar-refractivity contribution < 1.29 is 32.6 Å². The van der Waals surface area contributed by atoms with Crippen molar-refractivity contribution in [2.24, 2.45) is 0 Å². The lowest BCUT2D eigenvalue weighted by Crippen LogP contribution is -2.16. The molecule has 2 rings (SSSR count). The Morgan fingerprint density at radius 1 is 1.00 bits per heavy atom. The van der Waals surface area contributed by atoms with E-state index in [0.717, 1.165) is 14.2 Å². The monoisotopic (exact) mass is 336 g/mol. The molecule has 126 valence electrons. The molecule has 2 aromatic carbocycles. The van der Waals surface area contributed by atoms with Crippen molar-refractivity contribution in [1.29, 1.82) is 0 Å². The fourth-order valence-electron chi connectivity index (χ4n) is 2.04. The minimum atomic E-state index is -1.32. The van der Waals surface area contributed by atoms with Crippen molar-refractivity contribution in [2.45, 2.75) is 6.61 Å². The van der Waals surface area contributed by atoms with Crippen LogP contribution in [0.15, 0.2) is 36.4 Å². The maximum absolute atomic E-state index is 14.6. The molecule has 5 nitrogen and oxygen atoms in total. The zero-order valence-corrected chi connectivity index (χ0v) is 13.0. The number of rotatable bonds is 5. The van der Waals surface area contributed by atoms with Crippen molar-refractivity contribution in [3.63, 3.8) is 0 Å². The lowest BCUT2D eigenvalue weighted by atomic mass is 10.1. The summed E-state index contributed by atoms with van der Waals surface area (Å²) in [7, 11) is 2.04. The summed E-state index contributed by atoms with van der Waals surface area (Å²) in [6.07, 6.45) is 0. The number of esters is 2. The van der Waals surface area contributed by atoms with Gasteiger partial charge in [-0.15, -0.1) is 0 Å². The van der Waals surface area contributed by atoms with Gasteiger partial charge in [0.2, 0.25) is 0 Å². The Bertz CT molecular complexity index is 759. The standard InChI is InChI=1S/C17H14F2O5/c1-22-16(20)11-8-12(18)15(14(19)13(11)17(21)23-2)24-9-10-6-4-3-5-7-10/h3-8H,9H2,1-2H3. The number of methoxy groups -OCH3 is 2. The molecule has 0 amide bonds.